The third kappa shape index (κ3) is 4.46. The van der Waals surface area contributed by atoms with Crippen LogP contribution >= 0.6 is 15.9 Å². The molecule has 1 aromatic carbocycles. The van der Waals surface area contributed by atoms with Crippen LogP contribution in [-0.2, 0) is 16.4 Å². The highest BCUT2D eigenvalue weighted by Gasteiger charge is 2.29. The van der Waals surface area contributed by atoms with Gasteiger partial charge in [-0.05, 0) is 53.0 Å². The molecule has 1 aliphatic rings. The summed E-state index contributed by atoms with van der Waals surface area (Å²) >= 11 is 3.49. The topological polar surface area (TPSA) is 55.4 Å². The molecule has 1 aromatic rings. The van der Waals surface area contributed by atoms with Gasteiger partial charge < -0.3 is 10.1 Å². The zero-order valence-electron chi connectivity index (χ0n) is 11.6. The van der Waals surface area contributed by atoms with Crippen molar-refractivity contribution < 1.29 is 13.2 Å². The fraction of sp³-hybridized carbons (Fsp3) is 0.571. The third-order valence-electron chi connectivity index (χ3n) is 3.24. The molecule has 1 aliphatic heterocycles. The number of benzene rings is 1. The van der Waals surface area contributed by atoms with Crippen molar-refractivity contribution in [3.63, 3.8) is 0 Å². The summed E-state index contributed by atoms with van der Waals surface area (Å²) < 4.78 is 29.5. The molecule has 0 saturated carbocycles. The van der Waals surface area contributed by atoms with Gasteiger partial charge in [-0.25, -0.2) is 8.42 Å². The summed E-state index contributed by atoms with van der Waals surface area (Å²) in [6, 6.07) is 5.92. The van der Waals surface area contributed by atoms with Gasteiger partial charge in [0.25, 0.3) is 0 Å². The average molecular weight is 362 g/mol. The highest BCUT2D eigenvalue weighted by Crippen LogP contribution is 2.29. The maximum Gasteiger partial charge on any atom is 0.154 e. The Morgan fingerprint density at radius 3 is 2.85 bits per heavy atom. The predicted octanol–water partition coefficient (Wildman–Crippen LogP) is 2.51. The first-order valence-corrected chi connectivity index (χ1v) is 9.48. The summed E-state index contributed by atoms with van der Waals surface area (Å²) in [6.45, 7) is 3.95. The Morgan fingerprint density at radius 1 is 1.45 bits per heavy atom. The van der Waals surface area contributed by atoms with Gasteiger partial charge in [-0.15, -0.1) is 0 Å². The number of sulfone groups is 1. The molecule has 0 aromatic heterocycles. The van der Waals surface area contributed by atoms with E-state index in [1.807, 2.05) is 18.2 Å². The Hall–Kier alpha value is -0.590. The van der Waals surface area contributed by atoms with Crippen molar-refractivity contribution in [3.05, 3.63) is 28.2 Å². The van der Waals surface area contributed by atoms with Gasteiger partial charge in [0.05, 0.1) is 16.0 Å². The summed E-state index contributed by atoms with van der Waals surface area (Å²) in [5.41, 5.74) is 1.18. The summed E-state index contributed by atoms with van der Waals surface area (Å²) in [4.78, 5) is 0. The van der Waals surface area contributed by atoms with Crippen LogP contribution in [0.2, 0.25) is 0 Å². The van der Waals surface area contributed by atoms with Gasteiger partial charge in [-0.3, -0.25) is 0 Å². The minimum absolute atomic E-state index is 0.124. The molecule has 1 N–H and O–H groups in total. The van der Waals surface area contributed by atoms with Crippen LogP contribution in [0, 0.1) is 0 Å². The van der Waals surface area contributed by atoms with Gasteiger partial charge in [0.1, 0.15) is 11.9 Å². The lowest BCUT2D eigenvalue weighted by atomic mass is 10.2. The van der Waals surface area contributed by atoms with Crippen LogP contribution in [0.3, 0.4) is 0 Å². The largest absolute Gasteiger partial charge is 0.488 e. The molecule has 0 bridgehead atoms. The van der Waals surface area contributed by atoms with E-state index in [2.05, 4.69) is 28.2 Å². The summed E-state index contributed by atoms with van der Waals surface area (Å²) in [7, 11) is -2.90. The molecule has 20 heavy (non-hydrogen) atoms. The number of hydrogen-bond donors (Lipinski definition) is 1. The standard InChI is InChI=1S/C14H20BrNO3S/c1-2-6-16-9-11-3-4-14(13(15)8-11)19-12-5-7-20(17,18)10-12/h3-4,8,12,16H,2,5-7,9-10H2,1H3. The molecule has 6 heteroatoms. The first kappa shape index (κ1) is 15.8. The smallest absolute Gasteiger partial charge is 0.154 e. The summed E-state index contributed by atoms with van der Waals surface area (Å²) in [6.07, 6.45) is 1.47. The van der Waals surface area contributed by atoms with Crippen molar-refractivity contribution in [2.24, 2.45) is 0 Å². The van der Waals surface area contributed by atoms with E-state index in [0.717, 1.165) is 24.0 Å². The SMILES string of the molecule is CCCNCc1ccc(OC2CCS(=O)(=O)C2)c(Br)c1. The van der Waals surface area contributed by atoms with Crippen molar-refractivity contribution in [3.8, 4) is 5.75 Å². The monoisotopic (exact) mass is 361 g/mol. The van der Waals surface area contributed by atoms with Crippen molar-refractivity contribution in [1.29, 1.82) is 0 Å². The van der Waals surface area contributed by atoms with E-state index in [0.29, 0.717) is 12.2 Å². The summed E-state index contributed by atoms with van der Waals surface area (Å²) in [5, 5.41) is 3.34. The van der Waals surface area contributed by atoms with E-state index in [1.54, 1.807) is 0 Å². The van der Waals surface area contributed by atoms with Crippen LogP contribution in [0.15, 0.2) is 22.7 Å². The Kier molecular flexibility index (Phi) is 5.46. The maximum atomic E-state index is 11.4. The van der Waals surface area contributed by atoms with E-state index in [4.69, 9.17) is 4.74 Å². The van der Waals surface area contributed by atoms with Gasteiger partial charge in [0.15, 0.2) is 9.84 Å². The average Bonchev–Trinajstić information content (AvgIpc) is 2.72. The lowest BCUT2D eigenvalue weighted by molar-refractivity contribution is 0.227. The second-order valence-electron chi connectivity index (χ2n) is 5.08. The minimum Gasteiger partial charge on any atom is -0.488 e. The maximum absolute atomic E-state index is 11.4. The molecule has 0 radical (unpaired) electrons. The molecule has 112 valence electrons. The van der Waals surface area contributed by atoms with E-state index < -0.39 is 9.84 Å². The number of nitrogens with one attached hydrogen (secondary N) is 1. The van der Waals surface area contributed by atoms with Crippen molar-refractivity contribution in [1.82, 2.24) is 5.32 Å². The van der Waals surface area contributed by atoms with Crippen LogP contribution < -0.4 is 10.1 Å². The number of ether oxygens (including phenoxy) is 1. The van der Waals surface area contributed by atoms with Crippen molar-refractivity contribution in [2.75, 3.05) is 18.1 Å². The van der Waals surface area contributed by atoms with Crippen molar-refractivity contribution >= 4 is 25.8 Å². The Labute approximate surface area is 129 Å². The number of halogens is 1. The van der Waals surface area contributed by atoms with Crippen LogP contribution in [0.25, 0.3) is 0 Å². The van der Waals surface area contributed by atoms with E-state index in [9.17, 15) is 8.42 Å². The molecule has 0 spiro atoms. The first-order chi connectivity index (χ1) is 9.50. The molecule has 2 rings (SSSR count). The molecule has 1 heterocycles. The second-order valence-corrected chi connectivity index (χ2v) is 8.17. The third-order valence-corrected chi connectivity index (χ3v) is 5.59. The Balaban J connectivity index is 1.96. The first-order valence-electron chi connectivity index (χ1n) is 6.86. The number of rotatable bonds is 6. The Morgan fingerprint density at radius 2 is 2.25 bits per heavy atom. The molecular formula is C14H20BrNO3S. The molecule has 0 amide bonds. The van der Waals surface area contributed by atoms with Crippen molar-refractivity contribution in [2.45, 2.75) is 32.4 Å². The molecular weight excluding hydrogens is 342 g/mol. The minimum atomic E-state index is -2.90. The van der Waals surface area contributed by atoms with Gasteiger partial charge in [-0.2, -0.15) is 0 Å². The lowest BCUT2D eigenvalue weighted by Gasteiger charge is -2.14. The molecule has 0 aliphatic carbocycles. The van der Waals surface area contributed by atoms with Crippen LogP contribution in [0.1, 0.15) is 25.3 Å². The van der Waals surface area contributed by atoms with E-state index in [-0.39, 0.29) is 17.6 Å². The van der Waals surface area contributed by atoms with Crippen LogP contribution in [-0.4, -0.2) is 32.6 Å². The normalized spacial score (nSPS) is 21.0. The van der Waals surface area contributed by atoms with Crippen LogP contribution in [0.5, 0.6) is 5.75 Å². The quantitative estimate of drug-likeness (QED) is 0.791. The van der Waals surface area contributed by atoms with E-state index in [1.165, 1.54) is 5.56 Å². The second kappa shape index (κ2) is 6.91. The summed E-state index contributed by atoms with van der Waals surface area (Å²) in [5.74, 6) is 1.07. The molecule has 1 atom stereocenters. The van der Waals surface area contributed by atoms with Gasteiger partial charge in [0, 0.05) is 6.54 Å². The lowest BCUT2D eigenvalue weighted by Crippen LogP contribution is -2.18. The molecule has 4 nitrogen and oxygen atoms in total. The molecule has 1 fully saturated rings. The van der Waals surface area contributed by atoms with E-state index >= 15 is 0 Å². The van der Waals surface area contributed by atoms with Gasteiger partial charge in [0.2, 0.25) is 0 Å². The van der Waals surface area contributed by atoms with Gasteiger partial charge >= 0.3 is 0 Å². The molecule has 1 saturated heterocycles. The highest BCUT2D eigenvalue weighted by atomic mass is 79.9. The van der Waals surface area contributed by atoms with Gasteiger partial charge in [-0.1, -0.05) is 13.0 Å². The number of hydrogen-bond acceptors (Lipinski definition) is 4. The fourth-order valence-electron chi connectivity index (χ4n) is 2.19. The zero-order valence-corrected chi connectivity index (χ0v) is 14.0. The highest BCUT2D eigenvalue weighted by molar-refractivity contribution is 9.10. The molecule has 1 unspecified atom stereocenters. The Bertz CT molecular complexity index is 560. The fourth-order valence-corrected chi connectivity index (χ4v) is 4.30. The zero-order chi connectivity index (χ0) is 14.6. The predicted molar refractivity (Wildman–Crippen MR) is 83.8 cm³/mol. The van der Waals surface area contributed by atoms with Crippen LogP contribution in [0.4, 0.5) is 0 Å².